The molecule has 1 aromatic carbocycles. The maximum Gasteiger partial charge on any atom is 0.124 e. The number of benzene rings is 1. The number of hydrogen-bond donors (Lipinski definition) is 2. The molecule has 0 radical (unpaired) electrons. The maximum atomic E-state index is 5.61. The molecule has 16 heavy (non-hydrogen) atoms. The maximum absolute atomic E-state index is 5.61. The number of nitrogens with two attached hydrogens (primary N) is 1. The first-order valence-corrected chi connectivity index (χ1v) is 5.66. The lowest BCUT2D eigenvalue weighted by molar-refractivity contribution is 0.408. The van der Waals surface area contributed by atoms with Crippen LogP contribution in [-0.2, 0) is 0 Å². The van der Waals surface area contributed by atoms with Crippen LogP contribution >= 0.6 is 0 Å². The molecule has 0 heterocycles. The van der Waals surface area contributed by atoms with E-state index in [1.54, 1.807) is 7.11 Å². The first kappa shape index (κ1) is 13.0. The van der Waals surface area contributed by atoms with Gasteiger partial charge in [0.25, 0.3) is 0 Å². The molecule has 0 aliphatic heterocycles. The standard InChI is InChI=1S/C13H22N2O/c1-9-7-11(12(15-3)5-6-14)8-10(2)13(9)16-4/h7-8,12,15H,5-6,14H2,1-4H3. The first-order chi connectivity index (χ1) is 7.63. The lowest BCUT2D eigenvalue weighted by Gasteiger charge is -2.18. The molecule has 1 atom stereocenters. The van der Waals surface area contributed by atoms with Crippen molar-refractivity contribution < 1.29 is 4.74 Å². The molecule has 3 heteroatoms. The molecule has 0 saturated heterocycles. The lowest BCUT2D eigenvalue weighted by atomic mass is 9.98. The van der Waals surface area contributed by atoms with Gasteiger partial charge in [-0.15, -0.1) is 0 Å². The van der Waals surface area contributed by atoms with Gasteiger partial charge in [0, 0.05) is 6.04 Å². The SMILES string of the molecule is CNC(CCN)c1cc(C)c(OC)c(C)c1. The topological polar surface area (TPSA) is 47.3 Å². The quantitative estimate of drug-likeness (QED) is 0.800. The minimum absolute atomic E-state index is 0.327. The molecule has 1 aromatic rings. The van der Waals surface area contributed by atoms with Gasteiger partial charge < -0.3 is 15.8 Å². The Morgan fingerprint density at radius 3 is 2.25 bits per heavy atom. The van der Waals surface area contributed by atoms with Gasteiger partial charge in [0.05, 0.1) is 7.11 Å². The predicted octanol–water partition coefficient (Wildman–Crippen LogP) is 1.92. The molecule has 0 bridgehead atoms. The van der Waals surface area contributed by atoms with Gasteiger partial charge in [0.2, 0.25) is 0 Å². The van der Waals surface area contributed by atoms with Crippen molar-refractivity contribution in [3.8, 4) is 5.75 Å². The monoisotopic (exact) mass is 222 g/mol. The van der Waals surface area contributed by atoms with E-state index in [9.17, 15) is 0 Å². The summed E-state index contributed by atoms with van der Waals surface area (Å²) in [4.78, 5) is 0. The summed E-state index contributed by atoms with van der Waals surface area (Å²) in [6.45, 7) is 4.84. The molecule has 3 nitrogen and oxygen atoms in total. The highest BCUT2D eigenvalue weighted by Gasteiger charge is 2.12. The summed E-state index contributed by atoms with van der Waals surface area (Å²) in [5.74, 6) is 0.978. The molecule has 0 spiro atoms. The molecular weight excluding hydrogens is 200 g/mol. The summed E-state index contributed by atoms with van der Waals surface area (Å²) in [7, 11) is 3.68. The zero-order valence-corrected chi connectivity index (χ0v) is 10.6. The Labute approximate surface area is 98.0 Å². The van der Waals surface area contributed by atoms with E-state index in [2.05, 4.69) is 31.3 Å². The van der Waals surface area contributed by atoms with E-state index in [4.69, 9.17) is 10.5 Å². The van der Waals surface area contributed by atoms with Crippen LogP contribution in [0.25, 0.3) is 0 Å². The smallest absolute Gasteiger partial charge is 0.124 e. The summed E-state index contributed by atoms with van der Waals surface area (Å²) in [5.41, 5.74) is 9.24. The highest BCUT2D eigenvalue weighted by Crippen LogP contribution is 2.27. The number of methoxy groups -OCH3 is 1. The molecule has 0 aliphatic rings. The number of nitrogens with one attached hydrogen (secondary N) is 1. The van der Waals surface area contributed by atoms with Gasteiger partial charge in [0.1, 0.15) is 5.75 Å². The third-order valence-corrected chi connectivity index (χ3v) is 2.89. The largest absolute Gasteiger partial charge is 0.496 e. The Hall–Kier alpha value is -1.06. The van der Waals surface area contributed by atoms with Crippen molar-refractivity contribution in [1.82, 2.24) is 5.32 Å². The first-order valence-electron chi connectivity index (χ1n) is 5.66. The van der Waals surface area contributed by atoms with Crippen molar-refractivity contribution in [2.75, 3.05) is 20.7 Å². The molecule has 0 amide bonds. The van der Waals surface area contributed by atoms with Crippen LogP contribution in [0.3, 0.4) is 0 Å². The summed E-state index contributed by atoms with van der Waals surface area (Å²) in [6, 6.07) is 4.67. The van der Waals surface area contributed by atoms with Gasteiger partial charge >= 0.3 is 0 Å². The Kier molecular flexibility index (Phi) is 4.77. The highest BCUT2D eigenvalue weighted by molar-refractivity contribution is 5.44. The van der Waals surface area contributed by atoms with E-state index >= 15 is 0 Å². The van der Waals surface area contributed by atoms with Crippen molar-refractivity contribution >= 4 is 0 Å². The molecule has 90 valence electrons. The Morgan fingerprint density at radius 2 is 1.88 bits per heavy atom. The Balaban J connectivity index is 3.06. The second-order valence-corrected chi connectivity index (χ2v) is 4.11. The third kappa shape index (κ3) is 2.74. The zero-order chi connectivity index (χ0) is 12.1. The van der Waals surface area contributed by atoms with Crippen LogP contribution in [0.5, 0.6) is 5.75 Å². The van der Waals surface area contributed by atoms with Crippen molar-refractivity contribution in [3.63, 3.8) is 0 Å². The fourth-order valence-corrected chi connectivity index (χ4v) is 2.15. The average molecular weight is 222 g/mol. The molecule has 0 saturated carbocycles. The van der Waals surface area contributed by atoms with E-state index < -0.39 is 0 Å². The number of aryl methyl sites for hydroxylation is 2. The van der Waals surface area contributed by atoms with Gasteiger partial charge in [-0.05, 0) is 50.6 Å². The summed E-state index contributed by atoms with van der Waals surface area (Å²) >= 11 is 0. The van der Waals surface area contributed by atoms with Crippen LogP contribution in [0, 0.1) is 13.8 Å². The van der Waals surface area contributed by atoms with Crippen LogP contribution in [0.4, 0.5) is 0 Å². The highest BCUT2D eigenvalue weighted by atomic mass is 16.5. The molecule has 1 rings (SSSR count). The minimum atomic E-state index is 0.327. The van der Waals surface area contributed by atoms with Crippen molar-refractivity contribution in [2.45, 2.75) is 26.3 Å². The van der Waals surface area contributed by atoms with Crippen LogP contribution in [0.15, 0.2) is 12.1 Å². The molecule has 3 N–H and O–H groups in total. The van der Waals surface area contributed by atoms with Gasteiger partial charge in [0.15, 0.2) is 0 Å². The van der Waals surface area contributed by atoms with Crippen molar-refractivity contribution in [2.24, 2.45) is 5.73 Å². The van der Waals surface area contributed by atoms with Gasteiger partial charge in [-0.2, -0.15) is 0 Å². The molecular formula is C13H22N2O. The fraction of sp³-hybridized carbons (Fsp3) is 0.538. The number of ether oxygens (including phenoxy) is 1. The summed E-state index contributed by atoms with van der Waals surface area (Å²) < 4.78 is 5.36. The number of rotatable bonds is 5. The van der Waals surface area contributed by atoms with Crippen molar-refractivity contribution in [3.05, 3.63) is 28.8 Å². The molecule has 0 fully saturated rings. The van der Waals surface area contributed by atoms with Gasteiger partial charge in [-0.25, -0.2) is 0 Å². The average Bonchev–Trinajstić information content (AvgIpc) is 2.25. The predicted molar refractivity (Wildman–Crippen MR) is 67.9 cm³/mol. The van der Waals surface area contributed by atoms with E-state index in [0.717, 1.165) is 12.2 Å². The van der Waals surface area contributed by atoms with E-state index in [1.165, 1.54) is 16.7 Å². The van der Waals surface area contributed by atoms with Crippen LogP contribution < -0.4 is 15.8 Å². The van der Waals surface area contributed by atoms with E-state index in [0.29, 0.717) is 12.6 Å². The Morgan fingerprint density at radius 1 is 1.31 bits per heavy atom. The van der Waals surface area contributed by atoms with Gasteiger partial charge in [-0.1, -0.05) is 12.1 Å². The zero-order valence-electron chi connectivity index (χ0n) is 10.6. The lowest BCUT2D eigenvalue weighted by Crippen LogP contribution is -2.20. The summed E-state index contributed by atoms with van der Waals surface area (Å²) in [5, 5.41) is 3.29. The van der Waals surface area contributed by atoms with Crippen LogP contribution in [0.1, 0.15) is 29.2 Å². The second kappa shape index (κ2) is 5.87. The number of hydrogen-bond acceptors (Lipinski definition) is 3. The minimum Gasteiger partial charge on any atom is -0.496 e. The third-order valence-electron chi connectivity index (χ3n) is 2.89. The van der Waals surface area contributed by atoms with Crippen LogP contribution in [0.2, 0.25) is 0 Å². The summed E-state index contributed by atoms with van der Waals surface area (Å²) in [6.07, 6.45) is 0.946. The molecule has 0 aliphatic carbocycles. The van der Waals surface area contributed by atoms with Crippen molar-refractivity contribution in [1.29, 1.82) is 0 Å². The normalized spacial score (nSPS) is 12.6. The Bertz CT molecular complexity index is 327. The molecule has 0 aromatic heterocycles. The van der Waals surface area contributed by atoms with E-state index in [-0.39, 0.29) is 0 Å². The van der Waals surface area contributed by atoms with Crippen LogP contribution in [-0.4, -0.2) is 20.7 Å². The fourth-order valence-electron chi connectivity index (χ4n) is 2.15. The molecule has 1 unspecified atom stereocenters. The van der Waals surface area contributed by atoms with Gasteiger partial charge in [-0.3, -0.25) is 0 Å². The van der Waals surface area contributed by atoms with E-state index in [1.807, 2.05) is 7.05 Å². The second-order valence-electron chi connectivity index (χ2n) is 4.11.